The van der Waals surface area contributed by atoms with Gasteiger partial charge in [0, 0.05) is 23.7 Å². The molecule has 1 aromatic heterocycles. The third-order valence-electron chi connectivity index (χ3n) is 3.59. The summed E-state index contributed by atoms with van der Waals surface area (Å²) in [6.07, 6.45) is 0. The smallest absolute Gasteiger partial charge is 0.356 e. The van der Waals surface area contributed by atoms with Crippen molar-refractivity contribution in [2.75, 3.05) is 19.5 Å². The van der Waals surface area contributed by atoms with Crippen LogP contribution in [0.1, 0.15) is 10.5 Å². The number of methoxy groups -OCH3 is 1. The van der Waals surface area contributed by atoms with Crippen molar-refractivity contribution in [3.63, 3.8) is 0 Å². The van der Waals surface area contributed by atoms with Crippen molar-refractivity contribution < 1.29 is 9.53 Å². The Morgan fingerprint density at radius 3 is 2.68 bits per heavy atom. The number of nitrogens with zero attached hydrogens (tertiary/aromatic N) is 1. The van der Waals surface area contributed by atoms with E-state index in [0.29, 0.717) is 5.69 Å². The summed E-state index contributed by atoms with van der Waals surface area (Å²) < 4.78 is 4.72. The zero-order valence-corrected chi connectivity index (χ0v) is 12.5. The summed E-state index contributed by atoms with van der Waals surface area (Å²) >= 11 is 0. The van der Waals surface area contributed by atoms with Gasteiger partial charge in [-0.2, -0.15) is 0 Å². The minimum atomic E-state index is -0.432. The maximum absolute atomic E-state index is 11.6. The first-order chi connectivity index (χ1) is 10.7. The second kappa shape index (κ2) is 5.85. The van der Waals surface area contributed by atoms with E-state index in [1.54, 1.807) is 6.07 Å². The van der Waals surface area contributed by atoms with Crippen molar-refractivity contribution in [2.24, 2.45) is 0 Å². The van der Waals surface area contributed by atoms with Gasteiger partial charge in [0.15, 0.2) is 0 Å². The van der Waals surface area contributed by atoms with Crippen LogP contribution in [0.15, 0.2) is 54.6 Å². The first-order valence-electron chi connectivity index (χ1n) is 6.99. The van der Waals surface area contributed by atoms with Gasteiger partial charge in [-0.1, -0.05) is 30.3 Å². The molecule has 0 aliphatic heterocycles. The number of carbonyl (C=O) groups excluding carboxylic acids is 1. The maximum Gasteiger partial charge on any atom is 0.356 e. The number of ether oxygens (including phenoxy) is 1. The molecule has 0 atom stereocenters. The van der Waals surface area contributed by atoms with Gasteiger partial charge in [0.05, 0.1) is 12.8 Å². The van der Waals surface area contributed by atoms with Crippen LogP contribution < -0.4 is 5.32 Å². The summed E-state index contributed by atoms with van der Waals surface area (Å²) in [4.78, 5) is 16.0. The van der Waals surface area contributed by atoms with Gasteiger partial charge in [0.1, 0.15) is 5.69 Å². The molecule has 1 N–H and O–H groups in total. The lowest BCUT2D eigenvalue weighted by molar-refractivity contribution is 0.0594. The van der Waals surface area contributed by atoms with Gasteiger partial charge < -0.3 is 10.1 Å². The summed E-state index contributed by atoms with van der Waals surface area (Å²) in [6, 6.07) is 17.6. The first kappa shape index (κ1) is 14.1. The van der Waals surface area contributed by atoms with E-state index in [-0.39, 0.29) is 0 Å². The predicted molar refractivity (Wildman–Crippen MR) is 88.1 cm³/mol. The number of hydrogen-bond donors (Lipinski definition) is 1. The molecule has 0 aliphatic rings. The van der Waals surface area contributed by atoms with Crippen molar-refractivity contribution in [3.05, 3.63) is 60.3 Å². The Morgan fingerprint density at radius 2 is 1.91 bits per heavy atom. The Hall–Kier alpha value is -2.88. The fraction of sp³-hybridized carbons (Fsp3) is 0.111. The van der Waals surface area contributed by atoms with Gasteiger partial charge in [0.2, 0.25) is 0 Å². The van der Waals surface area contributed by atoms with E-state index in [4.69, 9.17) is 4.74 Å². The molecule has 0 unspecified atom stereocenters. The second-order valence-electron chi connectivity index (χ2n) is 4.89. The lowest BCUT2D eigenvalue weighted by Crippen LogP contribution is -2.04. The molecule has 1 heterocycles. The van der Waals surface area contributed by atoms with Crippen LogP contribution >= 0.6 is 0 Å². The summed E-state index contributed by atoms with van der Waals surface area (Å²) in [5, 5.41) is 5.46. The van der Waals surface area contributed by atoms with E-state index in [2.05, 4.69) is 28.5 Å². The molecule has 0 aliphatic carbocycles. The van der Waals surface area contributed by atoms with Crippen LogP contribution in [0.3, 0.4) is 0 Å². The highest BCUT2D eigenvalue weighted by Gasteiger charge is 2.09. The average molecular weight is 292 g/mol. The molecule has 4 nitrogen and oxygen atoms in total. The van der Waals surface area contributed by atoms with Crippen molar-refractivity contribution in [3.8, 4) is 11.3 Å². The molecular weight excluding hydrogens is 276 g/mol. The number of nitrogens with one attached hydrogen (secondary N) is 1. The van der Waals surface area contributed by atoms with E-state index in [1.165, 1.54) is 7.11 Å². The molecule has 2 aromatic carbocycles. The molecule has 4 heteroatoms. The third kappa shape index (κ3) is 2.51. The number of carbonyl (C=O) groups is 1. The number of pyridine rings is 1. The topological polar surface area (TPSA) is 51.2 Å². The summed E-state index contributed by atoms with van der Waals surface area (Å²) in [6.45, 7) is 0. The van der Waals surface area contributed by atoms with Crippen LogP contribution in [-0.4, -0.2) is 25.1 Å². The Bertz CT molecular complexity index is 843. The molecular formula is C18H16N2O2. The van der Waals surface area contributed by atoms with Crippen molar-refractivity contribution in [1.82, 2.24) is 4.98 Å². The lowest BCUT2D eigenvalue weighted by atomic mass is 10.0. The van der Waals surface area contributed by atoms with Gasteiger partial charge in [-0.3, -0.25) is 0 Å². The van der Waals surface area contributed by atoms with E-state index in [1.807, 2.05) is 37.4 Å². The van der Waals surface area contributed by atoms with Crippen molar-refractivity contribution in [2.45, 2.75) is 0 Å². The van der Waals surface area contributed by atoms with Gasteiger partial charge in [-0.25, -0.2) is 9.78 Å². The standard InChI is InChI=1S/C18H16N2O2/c1-19-16-7-3-5-12-9-10-13(11-14(12)16)15-6-4-8-17(20-15)18(21)22-2/h3-11,19H,1-2H3. The van der Waals surface area contributed by atoms with Crippen LogP contribution in [0.5, 0.6) is 0 Å². The highest BCUT2D eigenvalue weighted by Crippen LogP contribution is 2.28. The fourth-order valence-corrected chi connectivity index (χ4v) is 2.46. The SMILES string of the molecule is CNc1cccc2ccc(-c3cccc(C(=O)OC)n3)cc12. The number of benzene rings is 2. The van der Waals surface area contributed by atoms with Crippen LogP contribution in [0.4, 0.5) is 5.69 Å². The van der Waals surface area contributed by atoms with E-state index >= 15 is 0 Å². The van der Waals surface area contributed by atoms with Crippen LogP contribution in [0.2, 0.25) is 0 Å². The Kier molecular flexibility index (Phi) is 3.74. The predicted octanol–water partition coefficient (Wildman–Crippen LogP) is 3.73. The number of aromatic nitrogens is 1. The van der Waals surface area contributed by atoms with Crippen molar-refractivity contribution in [1.29, 1.82) is 0 Å². The Labute approximate surface area is 128 Å². The lowest BCUT2D eigenvalue weighted by Gasteiger charge is -2.09. The molecule has 0 radical (unpaired) electrons. The van der Waals surface area contributed by atoms with Gasteiger partial charge in [0.25, 0.3) is 0 Å². The monoisotopic (exact) mass is 292 g/mol. The molecule has 0 fully saturated rings. The zero-order chi connectivity index (χ0) is 15.5. The second-order valence-corrected chi connectivity index (χ2v) is 4.89. The molecule has 0 saturated carbocycles. The number of hydrogen-bond acceptors (Lipinski definition) is 4. The molecule has 3 aromatic rings. The summed E-state index contributed by atoms with van der Waals surface area (Å²) in [5.41, 5.74) is 3.07. The van der Waals surface area contributed by atoms with Crippen LogP contribution in [-0.2, 0) is 4.74 Å². The number of esters is 1. The van der Waals surface area contributed by atoms with Crippen LogP contribution in [0, 0.1) is 0 Å². The first-order valence-corrected chi connectivity index (χ1v) is 6.99. The molecule has 3 rings (SSSR count). The minimum Gasteiger partial charge on any atom is -0.464 e. The Balaban J connectivity index is 2.12. The number of rotatable bonds is 3. The highest BCUT2D eigenvalue weighted by atomic mass is 16.5. The zero-order valence-electron chi connectivity index (χ0n) is 12.5. The maximum atomic E-state index is 11.6. The molecule has 0 saturated heterocycles. The molecule has 110 valence electrons. The van der Waals surface area contributed by atoms with E-state index in [9.17, 15) is 4.79 Å². The average Bonchev–Trinajstić information content (AvgIpc) is 2.60. The summed E-state index contributed by atoms with van der Waals surface area (Å²) in [7, 11) is 3.25. The van der Waals surface area contributed by atoms with E-state index < -0.39 is 5.97 Å². The molecule has 0 spiro atoms. The van der Waals surface area contributed by atoms with Crippen molar-refractivity contribution >= 4 is 22.4 Å². The van der Waals surface area contributed by atoms with Gasteiger partial charge in [-0.15, -0.1) is 0 Å². The Morgan fingerprint density at radius 1 is 1.09 bits per heavy atom. The normalized spacial score (nSPS) is 10.5. The number of anilines is 1. The molecule has 0 bridgehead atoms. The van der Waals surface area contributed by atoms with Gasteiger partial charge >= 0.3 is 5.97 Å². The third-order valence-corrected chi connectivity index (χ3v) is 3.59. The highest BCUT2D eigenvalue weighted by molar-refractivity contribution is 5.96. The van der Waals surface area contributed by atoms with Crippen LogP contribution in [0.25, 0.3) is 22.0 Å². The van der Waals surface area contributed by atoms with Gasteiger partial charge in [-0.05, 0) is 29.7 Å². The number of fused-ring (bicyclic) bond motifs is 1. The largest absolute Gasteiger partial charge is 0.464 e. The quantitative estimate of drug-likeness (QED) is 0.747. The van der Waals surface area contributed by atoms with E-state index in [0.717, 1.165) is 27.7 Å². The molecule has 22 heavy (non-hydrogen) atoms. The minimum absolute atomic E-state index is 0.307. The molecule has 0 amide bonds. The summed E-state index contributed by atoms with van der Waals surface area (Å²) in [5.74, 6) is -0.432. The fourth-order valence-electron chi connectivity index (χ4n) is 2.46.